The van der Waals surface area contributed by atoms with Crippen LogP contribution in [0.15, 0.2) is 30.3 Å². The van der Waals surface area contributed by atoms with Crippen LogP contribution in [-0.4, -0.2) is 29.7 Å². The van der Waals surface area contributed by atoms with Gasteiger partial charge in [-0.25, -0.2) is 0 Å². The lowest BCUT2D eigenvalue weighted by Gasteiger charge is -2.28. The van der Waals surface area contributed by atoms with E-state index in [1.807, 2.05) is 51.1 Å². The zero-order valence-electron chi connectivity index (χ0n) is 11.9. The molecular formula is C15H24N2O2. The Morgan fingerprint density at radius 2 is 1.89 bits per heavy atom. The molecule has 0 bridgehead atoms. The van der Waals surface area contributed by atoms with Gasteiger partial charge in [0, 0.05) is 0 Å². The van der Waals surface area contributed by atoms with Crippen LogP contribution in [0.4, 0.5) is 0 Å². The lowest BCUT2D eigenvalue weighted by atomic mass is 9.86. The van der Waals surface area contributed by atoms with E-state index >= 15 is 0 Å². The van der Waals surface area contributed by atoms with Crippen molar-refractivity contribution in [3.63, 3.8) is 0 Å². The van der Waals surface area contributed by atoms with Crippen molar-refractivity contribution in [3.05, 3.63) is 35.9 Å². The van der Waals surface area contributed by atoms with Crippen molar-refractivity contribution in [1.82, 2.24) is 5.32 Å². The Labute approximate surface area is 115 Å². The van der Waals surface area contributed by atoms with Crippen LogP contribution >= 0.6 is 0 Å². The number of aliphatic hydroxyl groups is 1. The molecule has 4 N–H and O–H groups in total. The van der Waals surface area contributed by atoms with Gasteiger partial charge >= 0.3 is 0 Å². The Hall–Kier alpha value is -1.39. The maximum absolute atomic E-state index is 12.0. The third kappa shape index (κ3) is 5.01. The van der Waals surface area contributed by atoms with Crippen LogP contribution in [0.1, 0.15) is 26.3 Å². The van der Waals surface area contributed by atoms with E-state index < -0.39 is 6.04 Å². The van der Waals surface area contributed by atoms with Crippen LogP contribution < -0.4 is 11.1 Å². The third-order valence-electron chi connectivity index (χ3n) is 3.11. The summed E-state index contributed by atoms with van der Waals surface area (Å²) in [5.41, 5.74) is 6.68. The first kappa shape index (κ1) is 15.7. The van der Waals surface area contributed by atoms with E-state index in [1.165, 1.54) is 0 Å². The molecule has 1 unspecified atom stereocenters. The fraction of sp³-hybridized carbons (Fsp3) is 0.533. The smallest absolute Gasteiger partial charge is 0.237 e. The average Bonchev–Trinajstić information content (AvgIpc) is 2.37. The molecule has 106 valence electrons. The monoisotopic (exact) mass is 264 g/mol. The standard InChI is InChI=1S/C15H24N2O2/c1-15(2,3)13(16)14(19)17-12(10-18)9-11-7-5-4-6-8-11/h4-8,12-13,18H,9-10,16H2,1-3H3,(H,17,19)/t12?,13-/m1/s1. The summed E-state index contributed by atoms with van der Waals surface area (Å²) >= 11 is 0. The van der Waals surface area contributed by atoms with Crippen molar-refractivity contribution in [2.45, 2.75) is 39.3 Å². The first-order valence-corrected chi connectivity index (χ1v) is 6.55. The molecule has 1 aromatic carbocycles. The van der Waals surface area contributed by atoms with Gasteiger partial charge in [0.1, 0.15) is 0 Å². The second kappa shape index (κ2) is 6.68. The summed E-state index contributed by atoms with van der Waals surface area (Å²) in [5, 5.41) is 12.2. The second-order valence-electron chi connectivity index (χ2n) is 5.92. The summed E-state index contributed by atoms with van der Waals surface area (Å²) in [4.78, 5) is 12.0. The maximum atomic E-state index is 12.0. The summed E-state index contributed by atoms with van der Waals surface area (Å²) in [6.07, 6.45) is 0.597. The minimum Gasteiger partial charge on any atom is -0.394 e. The van der Waals surface area contributed by atoms with Gasteiger partial charge in [-0.1, -0.05) is 51.1 Å². The summed E-state index contributed by atoms with van der Waals surface area (Å²) in [5.74, 6) is -0.220. The highest BCUT2D eigenvalue weighted by Gasteiger charge is 2.28. The van der Waals surface area contributed by atoms with E-state index in [9.17, 15) is 9.90 Å². The molecule has 0 fully saturated rings. The molecule has 1 aromatic rings. The highest BCUT2D eigenvalue weighted by molar-refractivity contribution is 5.82. The molecule has 4 heteroatoms. The molecule has 19 heavy (non-hydrogen) atoms. The molecule has 1 rings (SSSR count). The largest absolute Gasteiger partial charge is 0.394 e. The normalized spacial score (nSPS) is 14.8. The Morgan fingerprint density at radius 1 is 1.32 bits per heavy atom. The van der Waals surface area contributed by atoms with Crippen molar-refractivity contribution in [2.75, 3.05) is 6.61 Å². The Kier molecular flexibility index (Phi) is 5.51. The number of hydrogen-bond acceptors (Lipinski definition) is 3. The average molecular weight is 264 g/mol. The van der Waals surface area contributed by atoms with Crippen molar-refractivity contribution in [3.8, 4) is 0 Å². The third-order valence-corrected chi connectivity index (χ3v) is 3.11. The number of carbonyl (C=O) groups is 1. The van der Waals surface area contributed by atoms with Gasteiger partial charge in [-0.05, 0) is 17.4 Å². The van der Waals surface area contributed by atoms with E-state index in [0.29, 0.717) is 6.42 Å². The van der Waals surface area contributed by atoms with E-state index in [0.717, 1.165) is 5.56 Å². The van der Waals surface area contributed by atoms with Crippen LogP contribution in [0.25, 0.3) is 0 Å². The minimum absolute atomic E-state index is 0.0997. The molecular weight excluding hydrogens is 240 g/mol. The van der Waals surface area contributed by atoms with Crippen molar-refractivity contribution < 1.29 is 9.90 Å². The molecule has 4 nitrogen and oxygen atoms in total. The second-order valence-corrected chi connectivity index (χ2v) is 5.92. The fourth-order valence-corrected chi connectivity index (χ4v) is 1.74. The van der Waals surface area contributed by atoms with Gasteiger partial charge in [-0.2, -0.15) is 0 Å². The summed E-state index contributed by atoms with van der Waals surface area (Å²) in [6, 6.07) is 8.86. The van der Waals surface area contributed by atoms with Gasteiger partial charge in [0.15, 0.2) is 0 Å². The fourth-order valence-electron chi connectivity index (χ4n) is 1.74. The lowest BCUT2D eigenvalue weighted by Crippen LogP contribution is -2.52. The lowest BCUT2D eigenvalue weighted by molar-refractivity contribution is -0.125. The quantitative estimate of drug-likeness (QED) is 0.745. The number of aliphatic hydroxyl groups excluding tert-OH is 1. The van der Waals surface area contributed by atoms with Gasteiger partial charge < -0.3 is 16.2 Å². The predicted molar refractivity (Wildman–Crippen MR) is 76.6 cm³/mol. The van der Waals surface area contributed by atoms with Crippen molar-refractivity contribution in [2.24, 2.45) is 11.1 Å². The molecule has 0 spiro atoms. The number of rotatable bonds is 5. The van der Waals surface area contributed by atoms with Gasteiger partial charge in [-0.15, -0.1) is 0 Å². The summed E-state index contributed by atoms with van der Waals surface area (Å²) < 4.78 is 0. The van der Waals surface area contributed by atoms with Crippen LogP contribution in [-0.2, 0) is 11.2 Å². The van der Waals surface area contributed by atoms with Crippen LogP contribution in [0.3, 0.4) is 0 Å². The molecule has 0 radical (unpaired) electrons. The van der Waals surface area contributed by atoms with Crippen LogP contribution in [0.5, 0.6) is 0 Å². The molecule has 1 amide bonds. The topological polar surface area (TPSA) is 75.4 Å². The molecule has 0 saturated carbocycles. The predicted octanol–water partition coefficient (Wildman–Crippen LogP) is 1.08. The van der Waals surface area contributed by atoms with Gasteiger partial charge in [0.05, 0.1) is 18.7 Å². The summed E-state index contributed by atoms with van der Waals surface area (Å²) in [7, 11) is 0. The van der Waals surface area contributed by atoms with Gasteiger partial charge in [0.2, 0.25) is 5.91 Å². The Morgan fingerprint density at radius 3 is 2.37 bits per heavy atom. The molecule has 0 aliphatic carbocycles. The molecule has 0 aromatic heterocycles. The Balaban J connectivity index is 2.60. The van der Waals surface area contributed by atoms with E-state index in [2.05, 4.69) is 5.32 Å². The van der Waals surface area contributed by atoms with Crippen molar-refractivity contribution in [1.29, 1.82) is 0 Å². The number of hydrogen-bond donors (Lipinski definition) is 3. The molecule has 0 saturated heterocycles. The minimum atomic E-state index is -0.586. The number of amides is 1. The van der Waals surface area contributed by atoms with E-state index in [1.54, 1.807) is 0 Å². The van der Waals surface area contributed by atoms with Gasteiger partial charge in [0.25, 0.3) is 0 Å². The maximum Gasteiger partial charge on any atom is 0.237 e. The first-order valence-electron chi connectivity index (χ1n) is 6.55. The number of benzene rings is 1. The van der Waals surface area contributed by atoms with Crippen molar-refractivity contribution >= 4 is 5.91 Å². The van der Waals surface area contributed by atoms with Crippen LogP contribution in [0.2, 0.25) is 0 Å². The van der Waals surface area contributed by atoms with E-state index in [4.69, 9.17) is 5.73 Å². The summed E-state index contributed by atoms with van der Waals surface area (Å²) in [6.45, 7) is 5.66. The van der Waals surface area contributed by atoms with E-state index in [-0.39, 0.29) is 24.0 Å². The SMILES string of the molecule is CC(C)(C)[C@H](N)C(=O)NC(CO)Cc1ccccc1. The number of nitrogens with one attached hydrogen (secondary N) is 1. The molecule has 0 aliphatic heterocycles. The van der Waals surface area contributed by atoms with Gasteiger partial charge in [-0.3, -0.25) is 4.79 Å². The zero-order chi connectivity index (χ0) is 14.5. The number of carbonyl (C=O) groups excluding carboxylic acids is 1. The Bertz CT molecular complexity index is 398. The highest BCUT2D eigenvalue weighted by Crippen LogP contribution is 2.17. The molecule has 2 atom stereocenters. The molecule has 0 aliphatic rings. The zero-order valence-corrected chi connectivity index (χ0v) is 11.9. The first-order chi connectivity index (χ1) is 8.84. The van der Waals surface area contributed by atoms with Crippen LogP contribution in [0, 0.1) is 5.41 Å². The number of nitrogens with two attached hydrogens (primary N) is 1. The highest BCUT2D eigenvalue weighted by atomic mass is 16.3. The molecule has 0 heterocycles.